The van der Waals surface area contributed by atoms with Crippen molar-refractivity contribution in [2.24, 2.45) is 11.8 Å². The first-order valence-corrected chi connectivity index (χ1v) is 9.29. The Morgan fingerprint density at radius 3 is 2.00 bits per heavy atom. The standard InChI is InChI=1S/C9H11F2N3O2.C8H9F2N3O/c1-16-9(15)5-2-3-14-6(4-5)12-13-8(14)7(10)11;9-7(10)8-12-11-6-3-5(4-14)1-2-13(6)8/h5,7H,2-4H2,1H3;4-5,7H,1-3H2. The summed E-state index contributed by atoms with van der Waals surface area (Å²) in [7, 11) is 1.31. The fourth-order valence-corrected chi connectivity index (χ4v) is 3.53. The quantitative estimate of drug-likeness (QED) is 0.413. The fourth-order valence-electron chi connectivity index (χ4n) is 3.53. The van der Waals surface area contributed by atoms with Crippen LogP contribution in [-0.2, 0) is 40.3 Å². The van der Waals surface area contributed by atoms with Crippen molar-refractivity contribution in [1.82, 2.24) is 29.5 Å². The van der Waals surface area contributed by atoms with Crippen LogP contribution in [-0.4, -0.2) is 48.9 Å². The normalized spacial score (nSPS) is 20.2. The summed E-state index contributed by atoms with van der Waals surface area (Å²) in [4.78, 5) is 21.8. The molecule has 0 radical (unpaired) electrons. The molecule has 2 aromatic heterocycles. The van der Waals surface area contributed by atoms with E-state index in [4.69, 9.17) is 0 Å². The van der Waals surface area contributed by atoms with E-state index in [-0.39, 0.29) is 29.5 Å². The number of nitrogens with zero attached hydrogens (tertiary/aromatic N) is 6. The van der Waals surface area contributed by atoms with Crippen molar-refractivity contribution in [3.63, 3.8) is 0 Å². The maximum Gasteiger partial charge on any atom is 0.309 e. The summed E-state index contributed by atoms with van der Waals surface area (Å²) in [6.45, 7) is 0.743. The van der Waals surface area contributed by atoms with Gasteiger partial charge in [0.05, 0.1) is 13.0 Å². The monoisotopic (exact) mass is 432 g/mol. The summed E-state index contributed by atoms with van der Waals surface area (Å²) < 4.78 is 57.1. The van der Waals surface area contributed by atoms with Gasteiger partial charge < -0.3 is 18.7 Å². The average Bonchev–Trinajstić information content (AvgIpc) is 3.36. The molecule has 2 aliphatic heterocycles. The number of halogens is 4. The summed E-state index contributed by atoms with van der Waals surface area (Å²) in [5, 5.41) is 14.2. The summed E-state index contributed by atoms with van der Waals surface area (Å²) in [6.07, 6.45) is -2.57. The van der Waals surface area contributed by atoms with E-state index in [9.17, 15) is 27.2 Å². The number of aldehydes is 1. The number of alkyl halides is 4. The van der Waals surface area contributed by atoms with Crippen LogP contribution in [0.3, 0.4) is 0 Å². The zero-order chi connectivity index (χ0) is 21.8. The molecule has 30 heavy (non-hydrogen) atoms. The van der Waals surface area contributed by atoms with Crippen molar-refractivity contribution in [2.75, 3.05) is 7.11 Å². The molecule has 0 amide bonds. The summed E-state index contributed by atoms with van der Waals surface area (Å²) in [5.41, 5.74) is 0. The number of methoxy groups -OCH3 is 1. The van der Waals surface area contributed by atoms with Gasteiger partial charge in [-0.15, -0.1) is 20.4 Å². The molecule has 2 atom stereocenters. The van der Waals surface area contributed by atoms with Gasteiger partial charge in [0.2, 0.25) is 0 Å². The molecule has 0 aliphatic carbocycles. The number of aromatic nitrogens is 6. The maximum atomic E-state index is 12.5. The molecule has 0 saturated carbocycles. The topological polar surface area (TPSA) is 105 Å². The van der Waals surface area contributed by atoms with Crippen LogP contribution in [0.15, 0.2) is 0 Å². The molecular formula is C17H20F4N6O3. The Kier molecular flexibility index (Phi) is 6.77. The van der Waals surface area contributed by atoms with Crippen molar-refractivity contribution in [1.29, 1.82) is 0 Å². The largest absolute Gasteiger partial charge is 0.469 e. The van der Waals surface area contributed by atoms with Crippen LogP contribution >= 0.6 is 0 Å². The van der Waals surface area contributed by atoms with E-state index in [1.165, 1.54) is 16.2 Å². The Bertz CT molecular complexity index is 900. The van der Waals surface area contributed by atoms with E-state index in [1.807, 2.05) is 0 Å². The smallest absolute Gasteiger partial charge is 0.309 e. The van der Waals surface area contributed by atoms with Crippen molar-refractivity contribution >= 4 is 12.3 Å². The number of hydrogen-bond acceptors (Lipinski definition) is 7. The summed E-state index contributed by atoms with van der Waals surface area (Å²) in [6, 6.07) is 0. The molecule has 4 rings (SSSR count). The van der Waals surface area contributed by atoms with Gasteiger partial charge in [-0.1, -0.05) is 0 Å². The van der Waals surface area contributed by atoms with Gasteiger partial charge in [0.1, 0.15) is 17.9 Å². The molecule has 2 unspecified atom stereocenters. The Morgan fingerprint density at radius 2 is 1.50 bits per heavy atom. The van der Waals surface area contributed by atoms with Crippen LogP contribution in [0.25, 0.3) is 0 Å². The number of esters is 1. The minimum Gasteiger partial charge on any atom is -0.469 e. The molecule has 0 fully saturated rings. The van der Waals surface area contributed by atoms with E-state index in [0.29, 0.717) is 50.4 Å². The third-order valence-corrected chi connectivity index (χ3v) is 5.13. The van der Waals surface area contributed by atoms with Crippen LogP contribution in [0.5, 0.6) is 0 Å². The van der Waals surface area contributed by atoms with Crippen LogP contribution in [0.1, 0.15) is 49.0 Å². The van der Waals surface area contributed by atoms with Gasteiger partial charge in [-0.2, -0.15) is 0 Å². The van der Waals surface area contributed by atoms with Crippen LogP contribution < -0.4 is 0 Å². The minimum atomic E-state index is -2.63. The lowest BCUT2D eigenvalue weighted by Gasteiger charge is -2.21. The predicted octanol–water partition coefficient (Wildman–Crippen LogP) is 1.93. The lowest BCUT2D eigenvalue weighted by atomic mass is 9.98. The third kappa shape index (κ3) is 4.49. The Hall–Kier alpha value is -2.86. The molecule has 0 saturated heterocycles. The zero-order valence-electron chi connectivity index (χ0n) is 16.0. The van der Waals surface area contributed by atoms with Gasteiger partial charge in [0.25, 0.3) is 12.9 Å². The summed E-state index contributed by atoms with van der Waals surface area (Å²) in [5.74, 6) is -0.416. The maximum absolute atomic E-state index is 12.5. The van der Waals surface area contributed by atoms with Gasteiger partial charge in [-0.3, -0.25) is 4.79 Å². The summed E-state index contributed by atoms with van der Waals surface area (Å²) >= 11 is 0. The molecule has 0 bridgehead atoms. The Balaban J connectivity index is 0.000000172. The molecule has 4 heterocycles. The van der Waals surface area contributed by atoms with E-state index in [0.717, 1.165) is 6.29 Å². The number of carbonyl (C=O) groups excluding carboxylic acids is 2. The first-order chi connectivity index (χ1) is 14.3. The molecule has 0 aromatic carbocycles. The van der Waals surface area contributed by atoms with Crippen molar-refractivity contribution in [3.05, 3.63) is 23.3 Å². The first-order valence-electron chi connectivity index (χ1n) is 9.29. The van der Waals surface area contributed by atoms with Crippen molar-refractivity contribution < 1.29 is 31.9 Å². The van der Waals surface area contributed by atoms with Gasteiger partial charge in [0, 0.05) is 31.8 Å². The van der Waals surface area contributed by atoms with E-state index < -0.39 is 12.9 Å². The van der Waals surface area contributed by atoms with Gasteiger partial charge in [0.15, 0.2) is 11.6 Å². The molecular weight excluding hydrogens is 412 g/mol. The highest BCUT2D eigenvalue weighted by Crippen LogP contribution is 2.26. The first kappa shape index (κ1) is 21.8. The minimum absolute atomic E-state index is 0.0998. The molecule has 0 spiro atoms. The Morgan fingerprint density at radius 1 is 0.967 bits per heavy atom. The molecule has 2 aliphatic rings. The van der Waals surface area contributed by atoms with E-state index in [1.54, 1.807) is 0 Å². The van der Waals surface area contributed by atoms with Crippen LogP contribution in [0.2, 0.25) is 0 Å². The van der Waals surface area contributed by atoms with E-state index in [2.05, 4.69) is 25.1 Å². The van der Waals surface area contributed by atoms with Crippen molar-refractivity contribution in [3.8, 4) is 0 Å². The number of hydrogen-bond donors (Lipinski definition) is 0. The number of rotatable bonds is 4. The molecule has 9 nitrogen and oxygen atoms in total. The average molecular weight is 432 g/mol. The van der Waals surface area contributed by atoms with Gasteiger partial charge >= 0.3 is 5.97 Å². The van der Waals surface area contributed by atoms with Gasteiger partial charge in [-0.25, -0.2) is 17.6 Å². The molecule has 164 valence electrons. The lowest BCUT2D eigenvalue weighted by Crippen LogP contribution is -2.27. The zero-order valence-corrected chi connectivity index (χ0v) is 16.0. The van der Waals surface area contributed by atoms with Crippen molar-refractivity contribution in [2.45, 2.75) is 51.6 Å². The fraction of sp³-hybridized carbons (Fsp3) is 0.647. The van der Waals surface area contributed by atoms with E-state index >= 15 is 0 Å². The molecule has 0 N–H and O–H groups in total. The SMILES string of the molecule is COC(=O)C1CCn2c(nnc2C(F)F)C1.O=CC1CCn2c(nnc2C(F)F)C1. The third-order valence-electron chi connectivity index (χ3n) is 5.13. The van der Waals surface area contributed by atoms with Crippen LogP contribution in [0, 0.1) is 11.8 Å². The highest BCUT2D eigenvalue weighted by Gasteiger charge is 2.30. The van der Waals surface area contributed by atoms with Gasteiger partial charge in [-0.05, 0) is 12.8 Å². The number of carbonyl (C=O) groups is 2. The second kappa shape index (κ2) is 9.30. The number of fused-ring (bicyclic) bond motifs is 2. The predicted molar refractivity (Wildman–Crippen MR) is 91.7 cm³/mol. The molecule has 2 aromatic rings. The highest BCUT2D eigenvalue weighted by molar-refractivity contribution is 5.72. The molecule has 13 heteroatoms. The number of ether oxygens (including phenoxy) is 1. The second-order valence-corrected chi connectivity index (χ2v) is 6.96. The second-order valence-electron chi connectivity index (χ2n) is 6.96. The lowest BCUT2D eigenvalue weighted by molar-refractivity contribution is -0.146. The Labute approximate surface area is 168 Å². The highest BCUT2D eigenvalue weighted by atomic mass is 19.3. The van der Waals surface area contributed by atoms with Crippen LogP contribution in [0.4, 0.5) is 17.6 Å².